The Morgan fingerprint density at radius 1 is 0.800 bits per heavy atom. The first-order chi connectivity index (χ1) is 11.2. The van der Waals surface area contributed by atoms with Gasteiger partial charge in [0.15, 0.2) is 12.1 Å². The second kappa shape index (κ2) is 13.9. The maximum Gasteiger partial charge on any atom is 0.275 e. The molecule has 2 aliphatic heterocycles. The summed E-state index contributed by atoms with van der Waals surface area (Å²) in [5, 5.41) is 22.8. The zero-order valence-corrected chi connectivity index (χ0v) is 13.8. The van der Waals surface area contributed by atoms with Crippen molar-refractivity contribution >= 4 is 23.8 Å². The number of aliphatic carboxylic acids is 2. The van der Waals surface area contributed by atoms with Gasteiger partial charge < -0.3 is 47.4 Å². The average molecular weight is 362 g/mol. The first-order valence-electron chi connectivity index (χ1n) is 7.59. The Morgan fingerprint density at radius 3 is 1.24 bits per heavy atom. The lowest BCUT2D eigenvalue weighted by atomic mass is 10.2. The summed E-state index contributed by atoms with van der Waals surface area (Å²) in [5.41, 5.74) is 10.1. The molecule has 2 saturated heterocycles. The van der Waals surface area contributed by atoms with Crippen molar-refractivity contribution < 1.29 is 45.5 Å². The van der Waals surface area contributed by atoms with Crippen LogP contribution < -0.4 is 32.3 Å². The Kier molecular flexibility index (Phi) is 13.8. The number of hydrogen-bond donors (Lipinski definition) is 4. The minimum Gasteiger partial charge on any atom is -0.545 e. The molecule has 11 nitrogen and oxygen atoms in total. The summed E-state index contributed by atoms with van der Waals surface area (Å²) in [6, 6.07) is 0.157. The number of quaternary nitrogens is 2. The van der Waals surface area contributed by atoms with Gasteiger partial charge in [0.2, 0.25) is 0 Å². The second-order valence-corrected chi connectivity index (χ2v) is 5.32. The van der Waals surface area contributed by atoms with Gasteiger partial charge in [-0.3, -0.25) is 9.59 Å². The summed E-state index contributed by atoms with van der Waals surface area (Å²) in [7, 11) is 0. The highest BCUT2D eigenvalue weighted by atomic mass is 16.4. The van der Waals surface area contributed by atoms with Gasteiger partial charge in [-0.05, 0) is 12.2 Å². The minimum atomic E-state index is -1.55. The molecule has 25 heavy (non-hydrogen) atoms. The Balaban J connectivity index is 0. The van der Waals surface area contributed by atoms with Gasteiger partial charge in [0.25, 0.3) is 11.8 Å². The number of rotatable bonds is 4. The lowest BCUT2D eigenvalue weighted by Gasteiger charge is -1.97. The van der Waals surface area contributed by atoms with E-state index in [1.54, 1.807) is 0 Å². The van der Waals surface area contributed by atoms with Crippen molar-refractivity contribution in [3.8, 4) is 0 Å². The molecular weight excluding hydrogens is 336 g/mol. The lowest BCUT2D eigenvalue weighted by Crippen LogP contribution is -2.89. The standard InChI is InChI=1S/2C5H10N2O.C4H4O4.H2O/c2*6-5(8)4-2-1-3-7-4;5-3(6)1-2-4(7)8;/h2*4,7H,1-3H2,(H2,6,8);1-2H,(H,5,6)(H,7,8);1H2/b;;2-1+;/t2*4-;;/m11../s1. The molecule has 10 N–H and O–H groups in total. The molecule has 11 heteroatoms. The highest BCUT2D eigenvalue weighted by Gasteiger charge is 2.23. The highest BCUT2D eigenvalue weighted by molar-refractivity contribution is 5.87. The van der Waals surface area contributed by atoms with Crippen LogP contribution in [0.2, 0.25) is 0 Å². The van der Waals surface area contributed by atoms with Crippen molar-refractivity contribution in [3.63, 3.8) is 0 Å². The third-order valence-corrected chi connectivity index (χ3v) is 3.43. The van der Waals surface area contributed by atoms with Gasteiger partial charge >= 0.3 is 0 Å². The van der Waals surface area contributed by atoms with Gasteiger partial charge in [0.05, 0.1) is 25.0 Å². The molecule has 0 aromatic heterocycles. The molecule has 2 heterocycles. The fraction of sp³-hybridized carbons (Fsp3) is 0.571. The third kappa shape index (κ3) is 13.6. The lowest BCUT2D eigenvalue weighted by molar-refractivity contribution is -0.657. The van der Waals surface area contributed by atoms with Crippen molar-refractivity contribution in [2.75, 3.05) is 13.1 Å². The molecule has 0 aromatic carbocycles. The number of carboxylic acid groups (broad SMARTS) is 2. The summed E-state index contributed by atoms with van der Waals surface area (Å²) < 4.78 is 0. The summed E-state index contributed by atoms with van der Waals surface area (Å²) in [6.07, 6.45) is 4.97. The molecule has 2 amide bonds. The summed E-state index contributed by atoms with van der Waals surface area (Å²) >= 11 is 0. The number of nitrogens with two attached hydrogens (primary N) is 4. The van der Waals surface area contributed by atoms with Crippen LogP contribution in [-0.2, 0) is 19.2 Å². The molecular formula is C14H26N4O7. The van der Waals surface area contributed by atoms with E-state index in [1.807, 2.05) is 10.6 Å². The molecule has 0 unspecified atom stereocenters. The second-order valence-electron chi connectivity index (χ2n) is 5.32. The Labute approximate surface area is 144 Å². The topological polar surface area (TPSA) is 231 Å². The van der Waals surface area contributed by atoms with E-state index in [4.69, 9.17) is 11.5 Å². The molecule has 144 valence electrons. The van der Waals surface area contributed by atoms with Crippen molar-refractivity contribution in [2.45, 2.75) is 37.8 Å². The zero-order valence-electron chi connectivity index (χ0n) is 13.8. The molecule has 0 aliphatic carbocycles. The molecule has 0 aromatic rings. The first-order valence-corrected chi connectivity index (χ1v) is 7.59. The van der Waals surface area contributed by atoms with Crippen molar-refractivity contribution in [1.29, 1.82) is 0 Å². The van der Waals surface area contributed by atoms with Gasteiger partial charge in [-0.15, -0.1) is 0 Å². The molecule has 2 fully saturated rings. The number of carbonyl (C=O) groups excluding carboxylic acids is 4. The fourth-order valence-corrected chi connectivity index (χ4v) is 2.20. The van der Waals surface area contributed by atoms with Crippen LogP contribution in [0.15, 0.2) is 12.2 Å². The van der Waals surface area contributed by atoms with Crippen molar-refractivity contribution in [3.05, 3.63) is 12.2 Å². The third-order valence-electron chi connectivity index (χ3n) is 3.43. The molecule has 0 saturated carbocycles. The normalized spacial score (nSPS) is 21.1. The first kappa shape index (κ1) is 24.7. The zero-order chi connectivity index (χ0) is 18.5. The van der Waals surface area contributed by atoms with Crippen LogP contribution >= 0.6 is 0 Å². The molecule has 0 bridgehead atoms. The van der Waals surface area contributed by atoms with Crippen LogP contribution in [-0.4, -0.2) is 54.4 Å². The van der Waals surface area contributed by atoms with Crippen molar-refractivity contribution in [1.82, 2.24) is 0 Å². The minimum absolute atomic E-state index is 0. The van der Waals surface area contributed by atoms with E-state index >= 15 is 0 Å². The fourth-order valence-electron chi connectivity index (χ4n) is 2.20. The smallest absolute Gasteiger partial charge is 0.275 e. The van der Waals surface area contributed by atoms with Crippen LogP contribution in [0.3, 0.4) is 0 Å². The molecule has 2 atom stereocenters. The maximum atomic E-state index is 10.4. The van der Waals surface area contributed by atoms with E-state index in [9.17, 15) is 29.4 Å². The number of hydrogen-bond acceptors (Lipinski definition) is 6. The van der Waals surface area contributed by atoms with Crippen LogP contribution in [0, 0.1) is 0 Å². The maximum absolute atomic E-state index is 10.4. The van der Waals surface area contributed by atoms with E-state index in [-0.39, 0.29) is 29.4 Å². The number of carboxylic acids is 2. The van der Waals surface area contributed by atoms with E-state index < -0.39 is 11.9 Å². The molecule has 0 radical (unpaired) electrons. The summed E-state index contributed by atoms with van der Waals surface area (Å²) in [5.74, 6) is -3.42. The van der Waals surface area contributed by atoms with E-state index in [1.165, 1.54) is 0 Å². The van der Waals surface area contributed by atoms with Gasteiger partial charge in [0.1, 0.15) is 0 Å². The molecule has 2 rings (SSSR count). The molecule has 0 spiro atoms. The van der Waals surface area contributed by atoms with Crippen LogP contribution in [0.4, 0.5) is 0 Å². The van der Waals surface area contributed by atoms with E-state index in [2.05, 4.69) is 0 Å². The van der Waals surface area contributed by atoms with Crippen molar-refractivity contribution in [2.24, 2.45) is 11.5 Å². The largest absolute Gasteiger partial charge is 0.545 e. The number of carbonyl (C=O) groups is 4. The van der Waals surface area contributed by atoms with Crippen LogP contribution in [0.25, 0.3) is 0 Å². The monoisotopic (exact) mass is 362 g/mol. The predicted molar refractivity (Wildman–Crippen MR) is 80.8 cm³/mol. The van der Waals surface area contributed by atoms with Gasteiger partial charge in [-0.1, -0.05) is 0 Å². The Hall–Kier alpha value is -2.50. The van der Waals surface area contributed by atoms with Gasteiger partial charge in [-0.25, -0.2) is 0 Å². The molecule has 2 aliphatic rings. The predicted octanol–water partition coefficient (Wildman–Crippen LogP) is -7.39. The summed E-state index contributed by atoms with van der Waals surface area (Å²) in [6.45, 7) is 2.13. The Bertz CT molecular complexity index is 428. The number of primary amides is 2. The van der Waals surface area contributed by atoms with E-state index in [0.29, 0.717) is 12.2 Å². The SMILES string of the molecule is NC(=O)[C@H]1CCC[NH2+]1.NC(=O)[C@H]1CCC[NH2+]1.O.O=C([O-])/C=C/C(=O)[O-]. The van der Waals surface area contributed by atoms with Gasteiger partial charge in [-0.2, -0.15) is 0 Å². The quantitative estimate of drug-likeness (QED) is 0.354. The summed E-state index contributed by atoms with van der Waals surface area (Å²) in [4.78, 5) is 39.6. The Morgan fingerprint density at radius 2 is 1.12 bits per heavy atom. The highest BCUT2D eigenvalue weighted by Crippen LogP contribution is 1.95. The number of amides is 2. The van der Waals surface area contributed by atoms with Crippen LogP contribution in [0.5, 0.6) is 0 Å². The average Bonchev–Trinajstić information content (AvgIpc) is 3.19. The van der Waals surface area contributed by atoms with Gasteiger partial charge in [0, 0.05) is 25.7 Å². The van der Waals surface area contributed by atoms with Crippen LogP contribution in [0.1, 0.15) is 25.7 Å². The van der Waals surface area contributed by atoms with E-state index in [0.717, 1.165) is 38.8 Å².